The van der Waals surface area contributed by atoms with Crippen molar-refractivity contribution in [2.24, 2.45) is 0 Å². The van der Waals surface area contributed by atoms with Gasteiger partial charge in [0.25, 0.3) is 0 Å². The minimum absolute atomic E-state index is 0.174. The lowest BCUT2D eigenvalue weighted by molar-refractivity contribution is 0.117. The molecule has 4 rings (SSSR count). The fourth-order valence-corrected chi connectivity index (χ4v) is 5.49. The molecule has 2 aromatic heterocycles. The molecule has 1 saturated carbocycles. The molecule has 2 N–H and O–H groups in total. The minimum Gasteiger partial charge on any atom is -0.393 e. The number of nitrogens with zero attached hydrogens (tertiary/aromatic N) is 2. The molecule has 3 aromatic rings. The molecule has 2 atom stereocenters. The van der Waals surface area contributed by atoms with Gasteiger partial charge >= 0.3 is 0 Å². The van der Waals surface area contributed by atoms with E-state index in [9.17, 15) is 13.5 Å². The number of sulfonamides is 1. The molecular formula is C20H23N3O4S. The highest BCUT2D eigenvalue weighted by Gasteiger charge is 2.27. The minimum atomic E-state index is -3.80. The van der Waals surface area contributed by atoms with Gasteiger partial charge in [0.15, 0.2) is 0 Å². The highest BCUT2D eigenvalue weighted by atomic mass is 32.2. The lowest BCUT2D eigenvalue weighted by Gasteiger charge is -2.26. The maximum absolute atomic E-state index is 13.3. The second-order valence-electron chi connectivity index (χ2n) is 7.38. The highest BCUT2D eigenvalue weighted by Crippen LogP contribution is 2.33. The third-order valence-corrected chi connectivity index (χ3v) is 6.82. The first-order chi connectivity index (χ1) is 13.3. The van der Waals surface area contributed by atoms with Crippen LogP contribution in [0.3, 0.4) is 0 Å². The van der Waals surface area contributed by atoms with Crippen molar-refractivity contribution in [2.45, 2.75) is 56.6 Å². The Bertz CT molecular complexity index is 1100. The quantitative estimate of drug-likeness (QED) is 0.696. The van der Waals surface area contributed by atoms with Crippen molar-refractivity contribution in [3.05, 3.63) is 41.9 Å². The Morgan fingerprint density at radius 3 is 2.79 bits per heavy atom. The number of rotatable bonds is 4. The van der Waals surface area contributed by atoms with E-state index in [1.807, 2.05) is 13.0 Å². The van der Waals surface area contributed by atoms with Crippen molar-refractivity contribution in [3.63, 3.8) is 0 Å². The van der Waals surface area contributed by atoms with Crippen LogP contribution in [0.2, 0.25) is 0 Å². The topological polar surface area (TPSA) is 105 Å². The van der Waals surface area contributed by atoms with E-state index >= 15 is 0 Å². The predicted molar refractivity (Wildman–Crippen MR) is 105 cm³/mol. The average Bonchev–Trinajstić information content (AvgIpc) is 2.99. The summed E-state index contributed by atoms with van der Waals surface area (Å²) in [5.74, 6) is 0.625. The van der Waals surface area contributed by atoms with Gasteiger partial charge in [-0.3, -0.25) is 4.98 Å². The average molecular weight is 401 g/mol. The van der Waals surface area contributed by atoms with E-state index in [2.05, 4.69) is 14.9 Å². The normalized spacial score (nSPS) is 20.5. The van der Waals surface area contributed by atoms with Gasteiger partial charge in [-0.15, -0.1) is 0 Å². The lowest BCUT2D eigenvalue weighted by atomic mass is 9.94. The summed E-state index contributed by atoms with van der Waals surface area (Å²) in [4.78, 5) is 4.54. The smallest absolute Gasteiger partial charge is 0.241 e. The molecule has 2 heterocycles. The Kier molecular flexibility index (Phi) is 4.95. The first kappa shape index (κ1) is 19.0. The van der Waals surface area contributed by atoms with Gasteiger partial charge in [-0.05, 0) is 69.4 Å². The Hall–Kier alpha value is -2.29. The molecule has 1 fully saturated rings. The van der Waals surface area contributed by atoms with E-state index in [4.69, 9.17) is 4.52 Å². The van der Waals surface area contributed by atoms with Crippen molar-refractivity contribution in [1.82, 2.24) is 14.9 Å². The molecular weight excluding hydrogens is 378 g/mol. The van der Waals surface area contributed by atoms with E-state index in [1.165, 1.54) is 0 Å². The monoisotopic (exact) mass is 401 g/mol. The van der Waals surface area contributed by atoms with E-state index in [0.29, 0.717) is 40.8 Å². The predicted octanol–water partition coefficient (Wildman–Crippen LogP) is 3.09. The SMILES string of the molecule is Cc1noc(C)c1-c1cc(S(=O)(=O)N[C@@H]2CCC[C@H](O)C2)c2cccnc2c1. The third-order valence-electron chi connectivity index (χ3n) is 5.26. The number of pyridine rings is 1. The van der Waals surface area contributed by atoms with Gasteiger partial charge in [0.1, 0.15) is 5.76 Å². The van der Waals surface area contributed by atoms with Gasteiger partial charge in [0, 0.05) is 23.2 Å². The largest absolute Gasteiger partial charge is 0.393 e. The number of hydrogen-bond acceptors (Lipinski definition) is 6. The summed E-state index contributed by atoms with van der Waals surface area (Å²) in [6, 6.07) is 6.71. The number of aliphatic hydroxyl groups is 1. The van der Waals surface area contributed by atoms with Gasteiger partial charge < -0.3 is 9.63 Å². The maximum Gasteiger partial charge on any atom is 0.241 e. The molecule has 148 valence electrons. The molecule has 1 aromatic carbocycles. The molecule has 0 spiro atoms. The van der Waals surface area contributed by atoms with Crippen LogP contribution < -0.4 is 4.72 Å². The van der Waals surface area contributed by atoms with E-state index < -0.39 is 16.1 Å². The standard InChI is InChI=1S/C20H23N3O4S/c1-12-20(13(2)27-22-12)14-9-18-17(7-4-8-21-18)19(10-14)28(25,26)23-15-5-3-6-16(24)11-15/h4,7-10,15-16,23-24H,3,5-6,11H2,1-2H3/t15-,16+/m1/s1. The van der Waals surface area contributed by atoms with Crippen molar-refractivity contribution >= 4 is 20.9 Å². The molecule has 28 heavy (non-hydrogen) atoms. The molecule has 0 bridgehead atoms. The second kappa shape index (κ2) is 7.27. The second-order valence-corrected chi connectivity index (χ2v) is 9.06. The summed E-state index contributed by atoms with van der Waals surface area (Å²) in [6.45, 7) is 3.62. The van der Waals surface area contributed by atoms with Crippen LogP contribution in [0.15, 0.2) is 39.9 Å². The Labute approximate surface area is 163 Å². The van der Waals surface area contributed by atoms with Crippen LogP contribution in [-0.4, -0.2) is 35.8 Å². The zero-order chi connectivity index (χ0) is 19.9. The first-order valence-corrected chi connectivity index (χ1v) is 10.9. The summed E-state index contributed by atoms with van der Waals surface area (Å²) in [5.41, 5.74) is 2.76. The van der Waals surface area contributed by atoms with Crippen LogP contribution in [0.25, 0.3) is 22.0 Å². The Balaban J connectivity index is 1.83. The molecule has 1 aliphatic carbocycles. The van der Waals surface area contributed by atoms with Crippen LogP contribution >= 0.6 is 0 Å². The number of hydrogen-bond donors (Lipinski definition) is 2. The van der Waals surface area contributed by atoms with Crippen molar-refractivity contribution in [2.75, 3.05) is 0 Å². The molecule has 0 radical (unpaired) electrons. The summed E-state index contributed by atoms with van der Waals surface area (Å²) in [5, 5.41) is 14.4. The van der Waals surface area contributed by atoms with Crippen molar-refractivity contribution < 1.29 is 18.0 Å². The van der Waals surface area contributed by atoms with Crippen molar-refractivity contribution in [3.8, 4) is 11.1 Å². The summed E-state index contributed by atoms with van der Waals surface area (Å²) >= 11 is 0. The van der Waals surface area contributed by atoms with Gasteiger partial charge in [-0.2, -0.15) is 0 Å². The number of nitrogens with one attached hydrogen (secondary N) is 1. The van der Waals surface area contributed by atoms with E-state index in [-0.39, 0.29) is 10.9 Å². The molecule has 8 heteroatoms. The van der Waals surface area contributed by atoms with Gasteiger partial charge in [0.05, 0.1) is 22.2 Å². The van der Waals surface area contributed by atoms with Gasteiger partial charge in [0.2, 0.25) is 10.0 Å². The number of aryl methyl sites for hydroxylation is 2. The number of aromatic nitrogens is 2. The molecule has 0 unspecified atom stereocenters. The fourth-order valence-electron chi connectivity index (χ4n) is 3.96. The fraction of sp³-hybridized carbons (Fsp3) is 0.400. The summed E-state index contributed by atoms with van der Waals surface area (Å²) < 4.78 is 34.5. The molecule has 0 amide bonds. The molecule has 7 nitrogen and oxygen atoms in total. The van der Waals surface area contributed by atoms with Crippen molar-refractivity contribution in [1.29, 1.82) is 0 Å². The van der Waals surface area contributed by atoms with Gasteiger partial charge in [-0.1, -0.05) is 5.16 Å². The third kappa shape index (κ3) is 3.55. The number of benzene rings is 1. The zero-order valence-electron chi connectivity index (χ0n) is 15.8. The molecule has 0 aliphatic heterocycles. The van der Waals surface area contributed by atoms with Crippen LogP contribution in [0.1, 0.15) is 37.1 Å². The van der Waals surface area contributed by atoms with E-state index in [1.54, 1.807) is 31.3 Å². The van der Waals surface area contributed by atoms with Crippen LogP contribution in [0, 0.1) is 13.8 Å². The first-order valence-electron chi connectivity index (χ1n) is 9.37. The lowest BCUT2D eigenvalue weighted by Crippen LogP contribution is -2.39. The maximum atomic E-state index is 13.3. The number of aliphatic hydroxyl groups excluding tert-OH is 1. The Morgan fingerprint density at radius 1 is 1.25 bits per heavy atom. The zero-order valence-corrected chi connectivity index (χ0v) is 16.7. The van der Waals surface area contributed by atoms with Crippen LogP contribution in [0.4, 0.5) is 0 Å². The molecule has 0 saturated heterocycles. The van der Waals surface area contributed by atoms with Gasteiger partial charge in [-0.25, -0.2) is 13.1 Å². The summed E-state index contributed by atoms with van der Waals surface area (Å²) in [7, 11) is -3.80. The van der Waals surface area contributed by atoms with E-state index in [0.717, 1.165) is 18.4 Å². The molecule has 1 aliphatic rings. The number of fused-ring (bicyclic) bond motifs is 1. The highest BCUT2D eigenvalue weighted by molar-refractivity contribution is 7.89. The summed E-state index contributed by atoms with van der Waals surface area (Å²) in [6.07, 6.45) is 3.84. The van der Waals surface area contributed by atoms with Crippen LogP contribution in [-0.2, 0) is 10.0 Å². The Morgan fingerprint density at radius 2 is 2.07 bits per heavy atom. The van der Waals surface area contributed by atoms with Crippen LogP contribution in [0.5, 0.6) is 0 Å².